The molecular formula is C13H14Cl3NO. The maximum Gasteiger partial charge on any atom is 0.252 e. The van der Waals surface area contributed by atoms with Crippen molar-refractivity contribution in [3.8, 4) is 0 Å². The minimum atomic E-state index is -0.174. The minimum absolute atomic E-state index is 0.172. The highest BCUT2D eigenvalue weighted by atomic mass is 35.5. The molecule has 1 amide bonds. The molecule has 0 radical (unpaired) electrons. The molecule has 0 aliphatic heterocycles. The number of rotatable bonds is 3. The van der Waals surface area contributed by atoms with E-state index in [0.29, 0.717) is 28.1 Å². The molecule has 0 spiro atoms. The topological polar surface area (TPSA) is 29.1 Å². The van der Waals surface area contributed by atoms with Gasteiger partial charge >= 0.3 is 0 Å². The van der Waals surface area contributed by atoms with E-state index in [0.717, 1.165) is 19.3 Å². The Bertz CT molecular complexity index is 450. The summed E-state index contributed by atoms with van der Waals surface area (Å²) in [5, 5.41) is 3.94. The number of halogens is 3. The molecule has 1 aliphatic carbocycles. The second kappa shape index (κ2) is 6.14. The Balaban J connectivity index is 1.95. The number of benzene rings is 1. The fourth-order valence-corrected chi connectivity index (χ4v) is 3.08. The van der Waals surface area contributed by atoms with E-state index in [4.69, 9.17) is 34.8 Å². The van der Waals surface area contributed by atoms with Gasteiger partial charge < -0.3 is 5.32 Å². The fraction of sp³-hybridized carbons (Fsp3) is 0.462. The zero-order valence-electron chi connectivity index (χ0n) is 9.76. The van der Waals surface area contributed by atoms with Crippen LogP contribution in [-0.4, -0.2) is 17.8 Å². The first kappa shape index (κ1) is 14.0. The number of carbonyl (C=O) groups excluding carboxylic acids is 1. The monoisotopic (exact) mass is 305 g/mol. The number of hydrogen-bond acceptors (Lipinski definition) is 1. The van der Waals surface area contributed by atoms with Gasteiger partial charge in [0.25, 0.3) is 5.91 Å². The number of alkyl halides is 1. The molecule has 0 aromatic heterocycles. The maximum absolute atomic E-state index is 12.0. The van der Waals surface area contributed by atoms with Gasteiger partial charge in [-0.1, -0.05) is 29.6 Å². The van der Waals surface area contributed by atoms with Gasteiger partial charge in [0, 0.05) is 16.9 Å². The van der Waals surface area contributed by atoms with E-state index < -0.39 is 0 Å². The van der Waals surface area contributed by atoms with Crippen LogP contribution in [0.2, 0.25) is 10.0 Å². The van der Waals surface area contributed by atoms with E-state index in [1.54, 1.807) is 18.2 Å². The van der Waals surface area contributed by atoms with Crippen molar-refractivity contribution < 1.29 is 4.79 Å². The van der Waals surface area contributed by atoms with E-state index in [2.05, 4.69) is 5.32 Å². The molecule has 1 aromatic rings. The summed E-state index contributed by atoms with van der Waals surface area (Å²) >= 11 is 17.9. The van der Waals surface area contributed by atoms with Gasteiger partial charge in [-0.3, -0.25) is 4.79 Å². The van der Waals surface area contributed by atoms with Gasteiger partial charge in [0.15, 0.2) is 0 Å². The maximum atomic E-state index is 12.0. The normalized spacial score (nSPS) is 23.1. The first-order chi connectivity index (χ1) is 8.58. The summed E-state index contributed by atoms with van der Waals surface area (Å²) in [7, 11) is 0. The number of nitrogens with one attached hydrogen (secondary N) is 1. The molecule has 2 atom stereocenters. The van der Waals surface area contributed by atoms with Crippen LogP contribution in [0.4, 0.5) is 0 Å². The lowest BCUT2D eigenvalue weighted by atomic mass is 10.1. The molecule has 1 aliphatic rings. The van der Waals surface area contributed by atoms with Crippen molar-refractivity contribution in [3.63, 3.8) is 0 Å². The molecule has 18 heavy (non-hydrogen) atoms. The highest BCUT2D eigenvalue weighted by Crippen LogP contribution is 2.29. The van der Waals surface area contributed by atoms with Crippen LogP contribution >= 0.6 is 34.8 Å². The van der Waals surface area contributed by atoms with Crippen LogP contribution in [0, 0.1) is 5.92 Å². The molecule has 2 nitrogen and oxygen atoms in total. The molecule has 1 saturated carbocycles. The average molecular weight is 307 g/mol. The van der Waals surface area contributed by atoms with Gasteiger partial charge in [0.1, 0.15) is 0 Å². The van der Waals surface area contributed by atoms with Crippen LogP contribution in [0.1, 0.15) is 29.6 Å². The third-order valence-electron chi connectivity index (χ3n) is 3.27. The largest absolute Gasteiger partial charge is 0.352 e. The molecule has 0 saturated heterocycles. The molecule has 2 rings (SSSR count). The number of carbonyl (C=O) groups is 1. The average Bonchev–Trinajstić information content (AvgIpc) is 2.72. The quantitative estimate of drug-likeness (QED) is 0.836. The summed E-state index contributed by atoms with van der Waals surface area (Å²) in [6, 6.07) is 4.85. The van der Waals surface area contributed by atoms with E-state index in [9.17, 15) is 4.79 Å². The predicted octanol–water partition coefficient (Wildman–Crippen LogP) is 4.13. The highest BCUT2D eigenvalue weighted by Gasteiger charge is 2.25. The van der Waals surface area contributed by atoms with Gasteiger partial charge in [0.2, 0.25) is 0 Å². The molecule has 0 bridgehead atoms. The van der Waals surface area contributed by atoms with Crippen LogP contribution < -0.4 is 5.32 Å². The van der Waals surface area contributed by atoms with Crippen molar-refractivity contribution in [1.82, 2.24) is 5.32 Å². The fourth-order valence-electron chi connectivity index (χ4n) is 2.21. The van der Waals surface area contributed by atoms with Crippen molar-refractivity contribution in [2.45, 2.75) is 24.6 Å². The van der Waals surface area contributed by atoms with Crippen molar-refractivity contribution in [3.05, 3.63) is 33.8 Å². The summed E-state index contributed by atoms with van der Waals surface area (Å²) < 4.78 is 0. The summed E-state index contributed by atoms with van der Waals surface area (Å²) in [4.78, 5) is 12.0. The Morgan fingerprint density at radius 2 is 2.11 bits per heavy atom. The van der Waals surface area contributed by atoms with Crippen molar-refractivity contribution in [2.75, 3.05) is 6.54 Å². The van der Waals surface area contributed by atoms with Gasteiger partial charge in [-0.05, 0) is 37.0 Å². The van der Waals surface area contributed by atoms with Crippen LogP contribution in [-0.2, 0) is 0 Å². The minimum Gasteiger partial charge on any atom is -0.352 e. The van der Waals surface area contributed by atoms with Gasteiger partial charge in [-0.2, -0.15) is 0 Å². The molecule has 5 heteroatoms. The van der Waals surface area contributed by atoms with Crippen LogP contribution in [0.3, 0.4) is 0 Å². The van der Waals surface area contributed by atoms with Gasteiger partial charge in [-0.25, -0.2) is 0 Å². The van der Waals surface area contributed by atoms with Crippen molar-refractivity contribution in [2.24, 2.45) is 5.92 Å². The second-order valence-corrected chi connectivity index (χ2v) is 5.95. The third kappa shape index (κ3) is 3.31. The standard InChI is InChI=1S/C13H14Cl3NO/c14-9-4-5-10(12(16)6-9)13(18)17-7-8-2-1-3-11(8)15/h4-6,8,11H,1-3,7H2,(H,17,18). The third-order valence-corrected chi connectivity index (χ3v) is 4.39. The van der Waals surface area contributed by atoms with Gasteiger partial charge in [-0.15, -0.1) is 11.6 Å². The Labute approximate surface area is 122 Å². The van der Waals surface area contributed by atoms with E-state index in [1.165, 1.54) is 0 Å². The van der Waals surface area contributed by atoms with Crippen LogP contribution in [0.25, 0.3) is 0 Å². The predicted molar refractivity (Wildman–Crippen MR) is 75.8 cm³/mol. The molecule has 0 heterocycles. The smallest absolute Gasteiger partial charge is 0.252 e. The Hall–Kier alpha value is -0.440. The lowest BCUT2D eigenvalue weighted by molar-refractivity contribution is 0.0948. The molecule has 1 N–H and O–H groups in total. The molecular weight excluding hydrogens is 293 g/mol. The Morgan fingerprint density at radius 3 is 2.72 bits per heavy atom. The molecule has 98 valence electrons. The van der Waals surface area contributed by atoms with E-state index >= 15 is 0 Å². The summed E-state index contributed by atoms with van der Waals surface area (Å²) in [5.74, 6) is 0.189. The van der Waals surface area contributed by atoms with Crippen LogP contribution in [0.15, 0.2) is 18.2 Å². The first-order valence-corrected chi connectivity index (χ1v) is 7.14. The van der Waals surface area contributed by atoms with Crippen molar-refractivity contribution in [1.29, 1.82) is 0 Å². The molecule has 2 unspecified atom stereocenters. The van der Waals surface area contributed by atoms with Gasteiger partial charge in [0.05, 0.1) is 10.6 Å². The highest BCUT2D eigenvalue weighted by molar-refractivity contribution is 6.36. The zero-order valence-corrected chi connectivity index (χ0v) is 12.0. The van der Waals surface area contributed by atoms with E-state index in [1.807, 2.05) is 0 Å². The molecule has 1 fully saturated rings. The van der Waals surface area contributed by atoms with Crippen molar-refractivity contribution >= 4 is 40.7 Å². The number of amides is 1. The second-order valence-electron chi connectivity index (χ2n) is 4.54. The number of hydrogen-bond donors (Lipinski definition) is 1. The first-order valence-electron chi connectivity index (χ1n) is 5.95. The summed E-state index contributed by atoms with van der Waals surface area (Å²) in [6.45, 7) is 0.603. The van der Waals surface area contributed by atoms with Crippen LogP contribution in [0.5, 0.6) is 0 Å². The summed E-state index contributed by atoms with van der Waals surface area (Å²) in [6.07, 6.45) is 3.24. The Kier molecular flexibility index (Phi) is 4.77. The Morgan fingerprint density at radius 1 is 1.33 bits per heavy atom. The summed E-state index contributed by atoms with van der Waals surface area (Å²) in [5.41, 5.74) is 0.449. The zero-order chi connectivity index (χ0) is 13.1. The molecule has 1 aromatic carbocycles. The lowest BCUT2D eigenvalue weighted by Crippen LogP contribution is -2.31. The van der Waals surface area contributed by atoms with E-state index in [-0.39, 0.29) is 11.3 Å². The lowest BCUT2D eigenvalue weighted by Gasteiger charge is -2.14. The SMILES string of the molecule is O=C(NCC1CCCC1Cl)c1ccc(Cl)cc1Cl.